The Morgan fingerprint density at radius 2 is 2.06 bits per heavy atom. The highest BCUT2D eigenvalue weighted by Gasteiger charge is 2.18. The Labute approximate surface area is 99.6 Å². The van der Waals surface area contributed by atoms with E-state index in [9.17, 15) is 13.6 Å². The molecule has 0 fully saturated rings. The van der Waals surface area contributed by atoms with Gasteiger partial charge in [-0.15, -0.1) is 0 Å². The fourth-order valence-electron chi connectivity index (χ4n) is 1.72. The highest BCUT2D eigenvalue weighted by Crippen LogP contribution is 2.34. The molecule has 1 aromatic carbocycles. The Morgan fingerprint density at radius 3 is 2.53 bits per heavy atom. The average Bonchev–Trinajstić information content (AvgIpc) is 2.28. The van der Waals surface area contributed by atoms with Crippen LogP contribution in [0.15, 0.2) is 12.1 Å². The Balaban J connectivity index is 3.27. The van der Waals surface area contributed by atoms with Gasteiger partial charge in [-0.05, 0) is 30.5 Å². The zero-order chi connectivity index (χ0) is 13.0. The van der Waals surface area contributed by atoms with E-state index in [2.05, 4.69) is 0 Å². The van der Waals surface area contributed by atoms with Crippen molar-refractivity contribution in [3.8, 4) is 5.75 Å². The Morgan fingerprint density at radius 1 is 1.41 bits per heavy atom. The van der Waals surface area contributed by atoms with Crippen LogP contribution in [0.5, 0.6) is 5.75 Å². The summed E-state index contributed by atoms with van der Waals surface area (Å²) in [7, 11) is 1.36. The SMILES string of the molecule is COc1c(F)cc(C(C)F)cc1C(C)CC=O. The molecule has 0 aliphatic carbocycles. The molecule has 0 bridgehead atoms. The van der Waals surface area contributed by atoms with Crippen LogP contribution in [0.1, 0.15) is 43.5 Å². The highest BCUT2D eigenvalue weighted by molar-refractivity contribution is 5.53. The first-order valence-electron chi connectivity index (χ1n) is 5.46. The van der Waals surface area contributed by atoms with Gasteiger partial charge in [0.15, 0.2) is 11.6 Å². The van der Waals surface area contributed by atoms with Crippen LogP contribution in [0.2, 0.25) is 0 Å². The van der Waals surface area contributed by atoms with Crippen molar-refractivity contribution in [1.29, 1.82) is 0 Å². The van der Waals surface area contributed by atoms with E-state index in [-0.39, 0.29) is 23.7 Å². The minimum absolute atomic E-state index is 0.0868. The van der Waals surface area contributed by atoms with Gasteiger partial charge in [-0.1, -0.05) is 6.92 Å². The second kappa shape index (κ2) is 5.75. The lowest BCUT2D eigenvalue weighted by Gasteiger charge is -2.16. The van der Waals surface area contributed by atoms with Gasteiger partial charge in [-0.2, -0.15) is 0 Å². The molecule has 1 aromatic rings. The number of aldehydes is 1. The van der Waals surface area contributed by atoms with Crippen molar-refractivity contribution in [3.63, 3.8) is 0 Å². The molecule has 0 aromatic heterocycles. The molecule has 0 spiro atoms. The first kappa shape index (κ1) is 13.6. The van der Waals surface area contributed by atoms with E-state index in [0.717, 1.165) is 12.4 Å². The van der Waals surface area contributed by atoms with Crippen LogP contribution in [0.4, 0.5) is 8.78 Å². The zero-order valence-electron chi connectivity index (χ0n) is 10.2. The summed E-state index contributed by atoms with van der Waals surface area (Å²) < 4.78 is 31.9. The molecular weight excluding hydrogens is 226 g/mol. The number of hydrogen-bond acceptors (Lipinski definition) is 2. The third kappa shape index (κ3) is 3.02. The van der Waals surface area contributed by atoms with Crippen molar-refractivity contribution >= 4 is 6.29 Å². The quantitative estimate of drug-likeness (QED) is 0.738. The normalized spacial score (nSPS) is 14.2. The lowest BCUT2D eigenvalue weighted by atomic mass is 9.94. The minimum Gasteiger partial charge on any atom is -0.493 e. The summed E-state index contributed by atoms with van der Waals surface area (Å²) in [5, 5.41) is 0. The standard InChI is InChI=1S/C13H16F2O2/c1-8(4-5-16)11-6-10(9(2)14)7-12(15)13(11)17-3/h5-9H,4H2,1-3H3. The van der Waals surface area contributed by atoms with E-state index >= 15 is 0 Å². The van der Waals surface area contributed by atoms with Crippen molar-refractivity contribution < 1.29 is 18.3 Å². The van der Waals surface area contributed by atoms with Crippen LogP contribution < -0.4 is 4.74 Å². The smallest absolute Gasteiger partial charge is 0.165 e. The third-order valence-corrected chi connectivity index (χ3v) is 2.74. The van der Waals surface area contributed by atoms with Gasteiger partial charge in [0, 0.05) is 12.0 Å². The fraction of sp³-hybridized carbons (Fsp3) is 0.462. The number of methoxy groups -OCH3 is 1. The van der Waals surface area contributed by atoms with Crippen molar-refractivity contribution in [3.05, 3.63) is 29.1 Å². The maximum atomic E-state index is 13.7. The molecule has 1 rings (SSSR count). The van der Waals surface area contributed by atoms with Gasteiger partial charge >= 0.3 is 0 Å². The third-order valence-electron chi connectivity index (χ3n) is 2.74. The van der Waals surface area contributed by atoms with Crippen LogP contribution >= 0.6 is 0 Å². The molecule has 2 unspecified atom stereocenters. The van der Waals surface area contributed by atoms with Gasteiger partial charge in [0.25, 0.3) is 0 Å². The maximum absolute atomic E-state index is 13.7. The van der Waals surface area contributed by atoms with Gasteiger partial charge in [0.1, 0.15) is 12.5 Å². The summed E-state index contributed by atoms with van der Waals surface area (Å²) in [6.45, 7) is 3.12. The van der Waals surface area contributed by atoms with Crippen LogP contribution in [-0.4, -0.2) is 13.4 Å². The van der Waals surface area contributed by atoms with Gasteiger partial charge < -0.3 is 9.53 Å². The van der Waals surface area contributed by atoms with E-state index in [1.54, 1.807) is 13.0 Å². The molecule has 17 heavy (non-hydrogen) atoms. The number of alkyl halides is 1. The Hall–Kier alpha value is -1.45. The van der Waals surface area contributed by atoms with Crippen molar-refractivity contribution in [2.75, 3.05) is 7.11 Å². The predicted molar refractivity (Wildman–Crippen MR) is 61.6 cm³/mol. The summed E-state index contributed by atoms with van der Waals surface area (Å²) in [5.74, 6) is -0.707. The van der Waals surface area contributed by atoms with Crippen molar-refractivity contribution in [1.82, 2.24) is 0 Å². The number of hydrogen-bond donors (Lipinski definition) is 0. The number of benzene rings is 1. The maximum Gasteiger partial charge on any atom is 0.165 e. The molecule has 2 nitrogen and oxygen atoms in total. The topological polar surface area (TPSA) is 26.3 Å². The van der Waals surface area contributed by atoms with Crippen molar-refractivity contribution in [2.45, 2.75) is 32.4 Å². The van der Waals surface area contributed by atoms with E-state index in [4.69, 9.17) is 4.74 Å². The van der Waals surface area contributed by atoms with Gasteiger partial charge in [0.2, 0.25) is 0 Å². The van der Waals surface area contributed by atoms with Crippen molar-refractivity contribution in [2.24, 2.45) is 0 Å². The summed E-state index contributed by atoms with van der Waals surface area (Å²) in [4.78, 5) is 10.5. The minimum atomic E-state index is -1.25. The van der Waals surface area contributed by atoms with Crippen LogP contribution in [0.25, 0.3) is 0 Å². The van der Waals surface area contributed by atoms with Gasteiger partial charge in [-0.3, -0.25) is 0 Å². The average molecular weight is 242 g/mol. The van der Waals surface area contributed by atoms with E-state index in [1.807, 2.05) is 0 Å². The molecule has 0 aliphatic heterocycles. The van der Waals surface area contributed by atoms with E-state index in [1.165, 1.54) is 14.0 Å². The van der Waals surface area contributed by atoms with Crippen LogP contribution in [0.3, 0.4) is 0 Å². The molecule has 0 amide bonds. The molecule has 0 radical (unpaired) electrons. The molecule has 2 atom stereocenters. The lowest BCUT2D eigenvalue weighted by molar-refractivity contribution is -0.108. The molecule has 94 valence electrons. The van der Waals surface area contributed by atoms with Gasteiger partial charge in [0.05, 0.1) is 7.11 Å². The molecular formula is C13H16F2O2. The number of rotatable bonds is 5. The molecule has 0 saturated carbocycles. The second-order valence-electron chi connectivity index (χ2n) is 4.04. The predicted octanol–water partition coefficient (Wildman–Crippen LogP) is 3.56. The summed E-state index contributed by atoms with van der Waals surface area (Å²) in [5.41, 5.74) is 0.787. The van der Waals surface area contributed by atoms with Crippen LogP contribution in [-0.2, 0) is 4.79 Å². The Bertz CT molecular complexity index is 403. The largest absolute Gasteiger partial charge is 0.493 e. The highest BCUT2D eigenvalue weighted by atomic mass is 19.1. The molecule has 0 heterocycles. The number of carbonyl (C=O) groups excluding carboxylic acids is 1. The lowest BCUT2D eigenvalue weighted by Crippen LogP contribution is -2.03. The Kier molecular flexibility index (Phi) is 4.61. The van der Waals surface area contributed by atoms with E-state index < -0.39 is 12.0 Å². The van der Waals surface area contributed by atoms with E-state index in [0.29, 0.717) is 5.56 Å². The number of ether oxygens (including phenoxy) is 1. The second-order valence-corrected chi connectivity index (χ2v) is 4.04. The number of halogens is 2. The zero-order valence-corrected chi connectivity index (χ0v) is 10.2. The molecule has 0 aliphatic rings. The first-order valence-corrected chi connectivity index (χ1v) is 5.46. The monoisotopic (exact) mass is 242 g/mol. The molecule has 0 saturated heterocycles. The number of carbonyl (C=O) groups is 1. The van der Waals surface area contributed by atoms with Gasteiger partial charge in [-0.25, -0.2) is 8.78 Å². The first-order chi connectivity index (χ1) is 8.01. The summed E-state index contributed by atoms with van der Waals surface area (Å²) in [6.07, 6.45) is -0.245. The molecule has 4 heteroatoms. The summed E-state index contributed by atoms with van der Waals surface area (Å²) in [6, 6.07) is 2.68. The molecule has 0 N–H and O–H groups in total. The van der Waals surface area contributed by atoms with Crippen LogP contribution in [0, 0.1) is 5.82 Å². The fourth-order valence-corrected chi connectivity index (χ4v) is 1.72. The summed E-state index contributed by atoms with van der Waals surface area (Å²) >= 11 is 0.